The molecule has 0 aliphatic carbocycles. The van der Waals surface area contributed by atoms with E-state index in [0.29, 0.717) is 25.8 Å². The number of hydrogen-bond acceptors (Lipinski definition) is 5. The summed E-state index contributed by atoms with van der Waals surface area (Å²) in [4.78, 5) is 44.9. The average molecular weight is 344 g/mol. The van der Waals surface area contributed by atoms with E-state index in [-0.39, 0.29) is 30.4 Å². The first kappa shape index (κ1) is 22.0. The molecule has 138 valence electrons. The van der Waals surface area contributed by atoms with E-state index in [1.165, 1.54) is 6.92 Å². The molecule has 2 atom stereocenters. The number of amides is 2. The zero-order chi connectivity index (χ0) is 18.5. The highest BCUT2D eigenvalue weighted by molar-refractivity contribution is 5.83. The fourth-order valence-electron chi connectivity index (χ4n) is 2.33. The number of nitrogens with one attached hydrogen (secondary N) is 2. The van der Waals surface area contributed by atoms with Crippen molar-refractivity contribution in [3.8, 4) is 0 Å². The summed E-state index contributed by atoms with van der Waals surface area (Å²) in [6.07, 6.45) is 2.87. The third-order valence-electron chi connectivity index (χ3n) is 3.74. The number of hydrogen-bond donors (Lipinski definition) is 4. The molecular formula is C16H28N2O6. The van der Waals surface area contributed by atoms with Crippen LogP contribution in [0.4, 0.5) is 0 Å². The van der Waals surface area contributed by atoms with Crippen LogP contribution >= 0.6 is 0 Å². The maximum Gasteiger partial charge on any atom is 0.326 e. The fourth-order valence-corrected chi connectivity index (χ4v) is 2.33. The summed E-state index contributed by atoms with van der Waals surface area (Å²) in [6.45, 7) is 3.13. The summed E-state index contributed by atoms with van der Waals surface area (Å²) in [5.41, 5.74) is 0. The second-order valence-electron chi connectivity index (χ2n) is 5.71. The van der Waals surface area contributed by atoms with E-state index in [1.807, 2.05) is 6.92 Å². The Kier molecular flexibility index (Phi) is 11.4. The normalized spacial score (nSPS) is 13.0. The Labute approximate surface area is 142 Å². The van der Waals surface area contributed by atoms with Crippen LogP contribution < -0.4 is 10.6 Å². The average Bonchev–Trinajstić information content (AvgIpc) is 2.53. The zero-order valence-corrected chi connectivity index (χ0v) is 14.3. The van der Waals surface area contributed by atoms with Crippen LogP contribution in [0.15, 0.2) is 0 Å². The summed E-state index contributed by atoms with van der Waals surface area (Å²) in [5.74, 6) is -2.19. The minimum absolute atomic E-state index is 0.0117. The molecule has 0 aromatic carbocycles. The maximum absolute atomic E-state index is 11.7. The van der Waals surface area contributed by atoms with Gasteiger partial charge < -0.3 is 20.8 Å². The van der Waals surface area contributed by atoms with Crippen LogP contribution in [0.2, 0.25) is 0 Å². The Morgan fingerprint density at radius 1 is 1.08 bits per heavy atom. The number of aliphatic hydroxyl groups excluding tert-OH is 1. The van der Waals surface area contributed by atoms with Crippen molar-refractivity contribution in [3.05, 3.63) is 0 Å². The molecule has 0 aromatic rings. The molecule has 0 spiro atoms. The highest BCUT2D eigenvalue weighted by Crippen LogP contribution is 2.13. The third kappa shape index (κ3) is 9.94. The highest BCUT2D eigenvalue weighted by atomic mass is 16.4. The monoisotopic (exact) mass is 344 g/mol. The molecular weight excluding hydrogens is 316 g/mol. The van der Waals surface area contributed by atoms with Crippen LogP contribution in [0.5, 0.6) is 0 Å². The lowest BCUT2D eigenvalue weighted by molar-refractivity contribution is -0.141. The van der Waals surface area contributed by atoms with Crippen molar-refractivity contribution in [1.29, 1.82) is 0 Å². The summed E-state index contributed by atoms with van der Waals surface area (Å²) in [7, 11) is 0. The van der Waals surface area contributed by atoms with Gasteiger partial charge in [-0.3, -0.25) is 14.4 Å². The highest BCUT2D eigenvalue weighted by Gasteiger charge is 2.19. The molecule has 8 heteroatoms. The van der Waals surface area contributed by atoms with Gasteiger partial charge in [-0.2, -0.15) is 0 Å². The van der Waals surface area contributed by atoms with Crippen molar-refractivity contribution in [1.82, 2.24) is 10.6 Å². The molecule has 8 nitrogen and oxygen atoms in total. The van der Waals surface area contributed by atoms with Gasteiger partial charge in [0.25, 0.3) is 0 Å². The largest absolute Gasteiger partial charge is 0.480 e. The van der Waals surface area contributed by atoms with Crippen LogP contribution in [0.25, 0.3) is 0 Å². The SMILES string of the molecule is CC[C@@H](CCCCNC(=O)CC[C@H](NC(C)=O)C(=O)O)C(=O)CO. The van der Waals surface area contributed by atoms with Crippen molar-refractivity contribution in [3.63, 3.8) is 0 Å². The van der Waals surface area contributed by atoms with E-state index in [9.17, 15) is 19.2 Å². The summed E-state index contributed by atoms with van der Waals surface area (Å²) in [5, 5.41) is 22.7. The minimum Gasteiger partial charge on any atom is -0.480 e. The number of unbranched alkanes of at least 4 members (excludes halogenated alkanes) is 1. The van der Waals surface area contributed by atoms with E-state index in [2.05, 4.69) is 10.6 Å². The summed E-state index contributed by atoms with van der Waals surface area (Å²) < 4.78 is 0. The molecule has 0 rings (SSSR count). The van der Waals surface area contributed by atoms with Crippen molar-refractivity contribution >= 4 is 23.6 Å². The van der Waals surface area contributed by atoms with Crippen molar-refractivity contribution in [2.75, 3.05) is 13.2 Å². The Hall–Kier alpha value is -1.96. The second-order valence-corrected chi connectivity index (χ2v) is 5.71. The number of carboxylic acid groups (broad SMARTS) is 1. The number of Topliss-reactive ketones (excluding diaryl/α,β-unsaturated/α-hetero) is 1. The first-order valence-corrected chi connectivity index (χ1v) is 8.21. The topological polar surface area (TPSA) is 133 Å². The molecule has 0 fully saturated rings. The molecule has 0 aromatic heterocycles. The van der Waals surface area contributed by atoms with Gasteiger partial charge in [0, 0.05) is 25.8 Å². The Morgan fingerprint density at radius 2 is 1.75 bits per heavy atom. The number of aliphatic carboxylic acids is 1. The lowest BCUT2D eigenvalue weighted by atomic mass is 9.95. The first-order chi connectivity index (χ1) is 11.3. The third-order valence-corrected chi connectivity index (χ3v) is 3.74. The predicted molar refractivity (Wildman–Crippen MR) is 87.2 cm³/mol. The molecule has 0 saturated heterocycles. The van der Waals surface area contributed by atoms with Crippen molar-refractivity contribution in [2.24, 2.45) is 5.92 Å². The molecule has 0 aliphatic heterocycles. The number of carbonyl (C=O) groups excluding carboxylic acids is 3. The summed E-state index contributed by atoms with van der Waals surface area (Å²) in [6, 6.07) is -1.07. The fraction of sp³-hybridized carbons (Fsp3) is 0.750. The lowest BCUT2D eigenvalue weighted by Gasteiger charge is -2.13. The van der Waals surface area contributed by atoms with Crippen molar-refractivity contribution < 1.29 is 29.4 Å². The first-order valence-electron chi connectivity index (χ1n) is 8.21. The molecule has 0 unspecified atom stereocenters. The number of rotatable bonds is 13. The Balaban J connectivity index is 3.92. The second kappa shape index (κ2) is 12.5. The van der Waals surface area contributed by atoms with Gasteiger partial charge >= 0.3 is 5.97 Å². The van der Waals surface area contributed by atoms with Crippen molar-refractivity contribution in [2.45, 2.75) is 58.4 Å². The quantitative estimate of drug-likeness (QED) is 0.354. The number of carboxylic acids is 1. The zero-order valence-electron chi connectivity index (χ0n) is 14.3. The molecule has 24 heavy (non-hydrogen) atoms. The van der Waals surface area contributed by atoms with Gasteiger partial charge in [0.2, 0.25) is 11.8 Å². The summed E-state index contributed by atoms with van der Waals surface area (Å²) >= 11 is 0. The van der Waals surface area contributed by atoms with E-state index < -0.39 is 24.5 Å². The predicted octanol–water partition coefficient (Wildman–Crippen LogP) is 0.230. The standard InChI is InChI=1S/C16H28N2O6/c1-3-12(14(21)10-19)6-4-5-9-17-15(22)8-7-13(16(23)24)18-11(2)20/h12-13,19H,3-10H2,1-2H3,(H,17,22)(H,18,20)(H,23,24)/t12-,13-/m0/s1. The van der Waals surface area contributed by atoms with Crippen LogP contribution in [-0.4, -0.2) is 53.0 Å². The van der Waals surface area contributed by atoms with Crippen LogP contribution in [0, 0.1) is 5.92 Å². The Morgan fingerprint density at radius 3 is 2.25 bits per heavy atom. The van der Waals surface area contributed by atoms with Gasteiger partial charge in [0.1, 0.15) is 12.6 Å². The maximum atomic E-state index is 11.7. The molecule has 0 aliphatic rings. The van der Waals surface area contributed by atoms with Gasteiger partial charge in [-0.05, 0) is 25.7 Å². The molecule has 0 bridgehead atoms. The molecule has 0 heterocycles. The minimum atomic E-state index is -1.17. The van der Waals surface area contributed by atoms with Gasteiger partial charge in [0.15, 0.2) is 5.78 Å². The smallest absolute Gasteiger partial charge is 0.326 e. The molecule has 2 amide bonds. The van der Waals surface area contributed by atoms with Crippen LogP contribution in [-0.2, 0) is 19.2 Å². The number of aliphatic hydroxyl groups is 1. The molecule has 0 saturated carbocycles. The lowest BCUT2D eigenvalue weighted by Crippen LogP contribution is -2.40. The van der Waals surface area contributed by atoms with E-state index in [0.717, 1.165) is 6.42 Å². The van der Waals surface area contributed by atoms with Gasteiger partial charge in [-0.1, -0.05) is 13.3 Å². The molecule has 0 radical (unpaired) electrons. The van der Waals surface area contributed by atoms with Crippen LogP contribution in [0.3, 0.4) is 0 Å². The van der Waals surface area contributed by atoms with Gasteiger partial charge in [0.05, 0.1) is 0 Å². The van der Waals surface area contributed by atoms with E-state index >= 15 is 0 Å². The molecule has 4 N–H and O–H groups in total. The van der Waals surface area contributed by atoms with Crippen LogP contribution in [0.1, 0.15) is 52.4 Å². The van der Waals surface area contributed by atoms with E-state index in [1.54, 1.807) is 0 Å². The van der Waals surface area contributed by atoms with Gasteiger partial charge in [-0.15, -0.1) is 0 Å². The number of ketones is 1. The Bertz CT molecular complexity index is 438. The van der Waals surface area contributed by atoms with E-state index in [4.69, 9.17) is 10.2 Å². The van der Waals surface area contributed by atoms with Gasteiger partial charge in [-0.25, -0.2) is 4.79 Å². The number of carbonyl (C=O) groups is 4.